The lowest BCUT2D eigenvalue weighted by Crippen LogP contribution is -2.28. The van der Waals surface area contributed by atoms with Crippen LogP contribution in [0.5, 0.6) is 0 Å². The molecule has 0 unspecified atom stereocenters. The summed E-state index contributed by atoms with van der Waals surface area (Å²) in [4.78, 5) is 15.7. The molecule has 3 nitrogen and oxygen atoms in total. The molecule has 0 aromatic carbocycles. The highest BCUT2D eigenvalue weighted by Gasteiger charge is 2.21. The highest BCUT2D eigenvalue weighted by Crippen LogP contribution is 2.17. The van der Waals surface area contributed by atoms with Gasteiger partial charge in [0.15, 0.2) is 0 Å². The van der Waals surface area contributed by atoms with Gasteiger partial charge in [0.25, 0.3) is 0 Å². The normalized spacial score (nSPS) is 11.1. The van der Waals surface area contributed by atoms with E-state index in [1.807, 2.05) is 39.8 Å². The van der Waals surface area contributed by atoms with Crippen molar-refractivity contribution in [2.45, 2.75) is 27.7 Å². The van der Waals surface area contributed by atoms with E-state index in [1.165, 1.54) is 0 Å². The molecule has 1 N–H and O–H groups in total. The summed E-state index contributed by atoms with van der Waals surface area (Å²) in [7, 11) is 0. The first kappa shape index (κ1) is 10.7. The predicted molar refractivity (Wildman–Crippen MR) is 57.1 cm³/mol. The van der Waals surface area contributed by atoms with Gasteiger partial charge in [-0.3, -0.25) is 4.79 Å². The SMILES string of the molecule is Cc1cccnc1NC(=O)C(C)(C)C. The first-order valence-corrected chi connectivity index (χ1v) is 4.64. The standard InChI is InChI=1S/C11H16N2O/c1-8-6-5-7-12-9(8)13-10(14)11(2,3)4/h5-7H,1-4H3,(H,12,13,14). The number of anilines is 1. The molecule has 1 heterocycles. The lowest BCUT2D eigenvalue weighted by atomic mass is 9.96. The number of aryl methyl sites for hydroxylation is 1. The number of nitrogens with one attached hydrogen (secondary N) is 1. The van der Waals surface area contributed by atoms with Crippen molar-refractivity contribution < 1.29 is 4.79 Å². The maximum Gasteiger partial charge on any atom is 0.230 e. The molecular formula is C11H16N2O. The molecule has 0 aliphatic heterocycles. The lowest BCUT2D eigenvalue weighted by molar-refractivity contribution is -0.123. The molecule has 0 fully saturated rings. The van der Waals surface area contributed by atoms with E-state index >= 15 is 0 Å². The summed E-state index contributed by atoms with van der Waals surface area (Å²) in [6.07, 6.45) is 1.67. The van der Waals surface area contributed by atoms with Gasteiger partial charge in [-0.1, -0.05) is 26.8 Å². The molecule has 14 heavy (non-hydrogen) atoms. The van der Waals surface area contributed by atoms with Crippen molar-refractivity contribution in [3.63, 3.8) is 0 Å². The summed E-state index contributed by atoms with van der Waals surface area (Å²) in [6, 6.07) is 3.77. The number of hydrogen-bond donors (Lipinski definition) is 1. The second-order valence-corrected chi connectivity index (χ2v) is 4.37. The molecule has 1 rings (SSSR count). The number of carbonyl (C=O) groups excluding carboxylic acids is 1. The Labute approximate surface area is 84.6 Å². The van der Waals surface area contributed by atoms with E-state index < -0.39 is 0 Å². The fraction of sp³-hybridized carbons (Fsp3) is 0.455. The maximum atomic E-state index is 11.6. The van der Waals surface area contributed by atoms with E-state index in [-0.39, 0.29) is 11.3 Å². The molecular weight excluding hydrogens is 176 g/mol. The highest BCUT2D eigenvalue weighted by atomic mass is 16.2. The van der Waals surface area contributed by atoms with Crippen LogP contribution >= 0.6 is 0 Å². The molecule has 0 saturated heterocycles. The van der Waals surface area contributed by atoms with E-state index in [0.29, 0.717) is 5.82 Å². The summed E-state index contributed by atoms with van der Waals surface area (Å²) < 4.78 is 0. The predicted octanol–water partition coefficient (Wildman–Crippen LogP) is 2.37. The van der Waals surface area contributed by atoms with Crippen LogP contribution in [0, 0.1) is 12.3 Å². The molecule has 1 aromatic heterocycles. The van der Waals surface area contributed by atoms with Gasteiger partial charge in [0.1, 0.15) is 5.82 Å². The van der Waals surface area contributed by atoms with E-state index in [2.05, 4.69) is 10.3 Å². The minimum atomic E-state index is -0.385. The third-order valence-corrected chi connectivity index (χ3v) is 1.92. The average molecular weight is 192 g/mol. The minimum Gasteiger partial charge on any atom is -0.310 e. The van der Waals surface area contributed by atoms with Crippen LogP contribution in [0.4, 0.5) is 5.82 Å². The zero-order valence-corrected chi connectivity index (χ0v) is 9.09. The van der Waals surface area contributed by atoms with Gasteiger partial charge in [-0.05, 0) is 18.6 Å². The molecule has 0 radical (unpaired) electrons. The number of rotatable bonds is 1. The number of hydrogen-bond acceptors (Lipinski definition) is 2. The molecule has 1 amide bonds. The van der Waals surface area contributed by atoms with Gasteiger partial charge in [-0.2, -0.15) is 0 Å². The minimum absolute atomic E-state index is 0.0145. The number of carbonyl (C=O) groups is 1. The number of amides is 1. The van der Waals surface area contributed by atoms with Gasteiger partial charge < -0.3 is 5.32 Å². The Bertz CT molecular complexity index is 339. The maximum absolute atomic E-state index is 11.6. The highest BCUT2D eigenvalue weighted by molar-refractivity contribution is 5.94. The summed E-state index contributed by atoms with van der Waals surface area (Å²) >= 11 is 0. The fourth-order valence-electron chi connectivity index (χ4n) is 0.912. The van der Waals surface area contributed by atoms with Crippen LogP contribution in [0.1, 0.15) is 26.3 Å². The van der Waals surface area contributed by atoms with Gasteiger partial charge in [0, 0.05) is 11.6 Å². The molecule has 0 atom stereocenters. The zero-order valence-electron chi connectivity index (χ0n) is 9.09. The van der Waals surface area contributed by atoms with E-state index in [9.17, 15) is 4.79 Å². The Hall–Kier alpha value is -1.38. The van der Waals surface area contributed by atoms with Crippen molar-refractivity contribution in [3.05, 3.63) is 23.9 Å². The van der Waals surface area contributed by atoms with Crippen LogP contribution < -0.4 is 5.32 Å². The molecule has 3 heteroatoms. The van der Waals surface area contributed by atoms with E-state index in [4.69, 9.17) is 0 Å². The van der Waals surface area contributed by atoms with Crippen LogP contribution in [0.3, 0.4) is 0 Å². The first-order chi connectivity index (χ1) is 6.41. The van der Waals surface area contributed by atoms with Crippen molar-refractivity contribution in [1.82, 2.24) is 4.98 Å². The topological polar surface area (TPSA) is 42.0 Å². The quantitative estimate of drug-likeness (QED) is 0.742. The average Bonchev–Trinajstić information content (AvgIpc) is 2.07. The Kier molecular flexibility index (Phi) is 2.89. The molecule has 76 valence electrons. The van der Waals surface area contributed by atoms with Crippen LogP contribution in [0.15, 0.2) is 18.3 Å². The van der Waals surface area contributed by atoms with Gasteiger partial charge in [0.2, 0.25) is 5.91 Å². The molecule has 0 spiro atoms. The molecule has 0 aliphatic carbocycles. The Balaban J connectivity index is 2.80. The van der Waals surface area contributed by atoms with Crippen LogP contribution in [0.2, 0.25) is 0 Å². The van der Waals surface area contributed by atoms with Gasteiger partial charge in [0.05, 0.1) is 0 Å². The van der Waals surface area contributed by atoms with Gasteiger partial charge in [-0.15, -0.1) is 0 Å². The third kappa shape index (κ3) is 2.55. The molecule has 0 aliphatic rings. The molecule has 0 saturated carbocycles. The van der Waals surface area contributed by atoms with Gasteiger partial charge >= 0.3 is 0 Å². The third-order valence-electron chi connectivity index (χ3n) is 1.92. The summed E-state index contributed by atoms with van der Waals surface area (Å²) in [5.74, 6) is 0.631. The Morgan fingerprint density at radius 2 is 2.07 bits per heavy atom. The van der Waals surface area contributed by atoms with Crippen molar-refractivity contribution in [1.29, 1.82) is 0 Å². The monoisotopic (exact) mass is 192 g/mol. The van der Waals surface area contributed by atoms with Crippen molar-refractivity contribution in [2.75, 3.05) is 5.32 Å². The number of pyridine rings is 1. The van der Waals surface area contributed by atoms with Crippen molar-refractivity contribution >= 4 is 11.7 Å². The lowest BCUT2D eigenvalue weighted by Gasteiger charge is -2.17. The molecule has 1 aromatic rings. The first-order valence-electron chi connectivity index (χ1n) is 4.64. The van der Waals surface area contributed by atoms with Gasteiger partial charge in [-0.25, -0.2) is 4.98 Å². The largest absolute Gasteiger partial charge is 0.310 e. The number of aromatic nitrogens is 1. The smallest absolute Gasteiger partial charge is 0.230 e. The summed E-state index contributed by atoms with van der Waals surface area (Å²) in [6.45, 7) is 7.55. The van der Waals surface area contributed by atoms with Crippen molar-refractivity contribution in [3.8, 4) is 0 Å². The van der Waals surface area contributed by atoms with Crippen LogP contribution in [-0.2, 0) is 4.79 Å². The van der Waals surface area contributed by atoms with Crippen LogP contribution in [-0.4, -0.2) is 10.9 Å². The van der Waals surface area contributed by atoms with Crippen LogP contribution in [0.25, 0.3) is 0 Å². The second-order valence-electron chi connectivity index (χ2n) is 4.37. The van der Waals surface area contributed by atoms with E-state index in [0.717, 1.165) is 5.56 Å². The fourth-order valence-corrected chi connectivity index (χ4v) is 0.912. The Morgan fingerprint density at radius 3 is 2.57 bits per heavy atom. The second kappa shape index (κ2) is 3.78. The van der Waals surface area contributed by atoms with Crippen molar-refractivity contribution in [2.24, 2.45) is 5.41 Å². The summed E-state index contributed by atoms with van der Waals surface area (Å²) in [5.41, 5.74) is 0.592. The van der Waals surface area contributed by atoms with E-state index in [1.54, 1.807) is 6.20 Å². The number of nitrogens with zero attached hydrogens (tertiary/aromatic N) is 1. The summed E-state index contributed by atoms with van der Waals surface area (Å²) in [5, 5.41) is 2.80. The molecule has 0 bridgehead atoms. The zero-order chi connectivity index (χ0) is 10.8. The Morgan fingerprint density at radius 1 is 1.43 bits per heavy atom.